The van der Waals surface area contributed by atoms with Crippen LogP contribution in [0.5, 0.6) is 0 Å². The molecule has 16 heavy (non-hydrogen) atoms. The molecule has 0 heterocycles. The normalized spacial score (nSPS) is 9.62. The smallest absolute Gasteiger partial charge is 0.338 e. The number of benzene rings is 1. The van der Waals surface area contributed by atoms with Gasteiger partial charge in [-0.05, 0) is 37.1 Å². The molecule has 0 saturated heterocycles. The number of esters is 1. The Kier molecular flexibility index (Phi) is 4.33. The largest absolute Gasteiger partial charge is 0.462 e. The van der Waals surface area contributed by atoms with Crippen molar-refractivity contribution in [2.24, 2.45) is 0 Å². The number of carbonyl (C=O) groups excluding carboxylic acids is 1. The Morgan fingerprint density at radius 3 is 2.75 bits per heavy atom. The van der Waals surface area contributed by atoms with Crippen LogP contribution in [-0.4, -0.2) is 12.6 Å². The van der Waals surface area contributed by atoms with Crippen LogP contribution in [0.3, 0.4) is 0 Å². The highest BCUT2D eigenvalue weighted by atomic mass is 35.5. The number of nitriles is 1. The molecule has 0 spiro atoms. The number of aryl methyl sites for hydroxylation is 1. The summed E-state index contributed by atoms with van der Waals surface area (Å²) in [5.74, 6) is -0.204. The molecule has 0 aliphatic heterocycles. The minimum Gasteiger partial charge on any atom is -0.462 e. The molecule has 84 valence electrons. The van der Waals surface area contributed by atoms with Gasteiger partial charge < -0.3 is 4.74 Å². The molecular formula is C12H12ClNO2. The van der Waals surface area contributed by atoms with Crippen molar-refractivity contribution in [1.82, 2.24) is 0 Å². The van der Waals surface area contributed by atoms with Gasteiger partial charge in [0.2, 0.25) is 0 Å². The average molecular weight is 238 g/mol. The van der Waals surface area contributed by atoms with Crippen molar-refractivity contribution in [3.63, 3.8) is 0 Å². The van der Waals surface area contributed by atoms with E-state index in [0.717, 1.165) is 0 Å². The van der Waals surface area contributed by atoms with Crippen molar-refractivity contribution < 1.29 is 9.53 Å². The first-order valence-corrected chi connectivity index (χ1v) is 5.44. The van der Waals surface area contributed by atoms with Crippen LogP contribution in [0.4, 0.5) is 0 Å². The monoisotopic (exact) mass is 237 g/mol. The third kappa shape index (κ3) is 2.53. The van der Waals surface area contributed by atoms with E-state index in [4.69, 9.17) is 21.6 Å². The van der Waals surface area contributed by atoms with Gasteiger partial charge in [0.1, 0.15) is 0 Å². The second kappa shape index (κ2) is 5.53. The lowest BCUT2D eigenvalue weighted by atomic mass is 10.00. The van der Waals surface area contributed by atoms with Crippen LogP contribution in [-0.2, 0) is 10.6 Å². The van der Waals surface area contributed by atoms with E-state index in [1.807, 2.05) is 6.07 Å². The maximum absolute atomic E-state index is 11.7. The standard InChI is InChI=1S/C12H12ClNO2/c1-3-16-12(15)11-8(2)4-9(7-14)5-10(11)6-13/h4-5H,3,6H2,1-2H3. The summed E-state index contributed by atoms with van der Waals surface area (Å²) in [5.41, 5.74) is 2.32. The Balaban J connectivity index is 3.28. The molecule has 3 nitrogen and oxygen atoms in total. The molecule has 4 heteroatoms. The minimum atomic E-state index is -0.389. The van der Waals surface area contributed by atoms with Crippen LogP contribution in [0.2, 0.25) is 0 Å². The summed E-state index contributed by atoms with van der Waals surface area (Å²) in [7, 11) is 0. The van der Waals surface area contributed by atoms with Crippen LogP contribution in [0.15, 0.2) is 12.1 Å². The minimum absolute atomic E-state index is 0.185. The second-order valence-electron chi connectivity index (χ2n) is 3.29. The first-order valence-electron chi connectivity index (χ1n) is 4.90. The van der Waals surface area contributed by atoms with Crippen molar-refractivity contribution in [2.45, 2.75) is 19.7 Å². The number of alkyl halides is 1. The summed E-state index contributed by atoms with van der Waals surface area (Å²) in [6.07, 6.45) is 0. The quantitative estimate of drug-likeness (QED) is 0.600. The second-order valence-corrected chi connectivity index (χ2v) is 3.56. The molecular weight excluding hydrogens is 226 g/mol. The van der Waals surface area contributed by atoms with Crippen molar-refractivity contribution in [3.8, 4) is 6.07 Å². The molecule has 0 aromatic heterocycles. The Morgan fingerprint density at radius 1 is 1.56 bits per heavy atom. The Hall–Kier alpha value is -1.53. The highest BCUT2D eigenvalue weighted by Crippen LogP contribution is 2.20. The zero-order chi connectivity index (χ0) is 12.1. The molecule has 0 fully saturated rings. The number of halogens is 1. The summed E-state index contributed by atoms with van der Waals surface area (Å²) in [6, 6.07) is 5.30. The number of carbonyl (C=O) groups is 1. The van der Waals surface area contributed by atoms with Gasteiger partial charge in [-0.25, -0.2) is 4.79 Å². The predicted octanol–water partition coefficient (Wildman–Crippen LogP) is 2.78. The molecule has 0 atom stereocenters. The molecule has 0 N–H and O–H groups in total. The Labute approximate surface area is 99.6 Å². The summed E-state index contributed by atoms with van der Waals surface area (Å²) in [4.78, 5) is 11.7. The van der Waals surface area contributed by atoms with Gasteiger partial charge in [-0.3, -0.25) is 0 Å². The highest BCUT2D eigenvalue weighted by molar-refractivity contribution is 6.17. The number of hydrogen-bond acceptors (Lipinski definition) is 3. The molecule has 1 aromatic rings. The van der Waals surface area contributed by atoms with Crippen molar-refractivity contribution >= 4 is 17.6 Å². The Bertz CT molecular complexity index is 449. The fraction of sp³-hybridized carbons (Fsp3) is 0.333. The van der Waals surface area contributed by atoms with Gasteiger partial charge in [0, 0.05) is 5.88 Å². The molecule has 0 amide bonds. The van der Waals surface area contributed by atoms with E-state index in [1.165, 1.54) is 0 Å². The van der Waals surface area contributed by atoms with Crippen molar-refractivity contribution in [1.29, 1.82) is 5.26 Å². The van der Waals surface area contributed by atoms with E-state index in [0.29, 0.717) is 28.9 Å². The van der Waals surface area contributed by atoms with Crippen LogP contribution in [0.25, 0.3) is 0 Å². The van der Waals surface area contributed by atoms with E-state index in [2.05, 4.69) is 0 Å². The van der Waals surface area contributed by atoms with Crippen LogP contribution < -0.4 is 0 Å². The summed E-state index contributed by atoms with van der Waals surface area (Å²) in [6.45, 7) is 3.83. The van der Waals surface area contributed by atoms with E-state index >= 15 is 0 Å². The summed E-state index contributed by atoms with van der Waals surface area (Å²) in [5, 5.41) is 8.81. The van der Waals surface area contributed by atoms with E-state index in [9.17, 15) is 4.79 Å². The van der Waals surface area contributed by atoms with Crippen LogP contribution in [0.1, 0.15) is 34.0 Å². The number of hydrogen-bond donors (Lipinski definition) is 0. The van der Waals surface area contributed by atoms with Gasteiger partial charge in [-0.15, -0.1) is 11.6 Å². The molecule has 0 unspecified atom stereocenters. The van der Waals surface area contributed by atoms with E-state index < -0.39 is 0 Å². The lowest BCUT2D eigenvalue weighted by Gasteiger charge is -2.10. The maximum Gasteiger partial charge on any atom is 0.338 e. The van der Waals surface area contributed by atoms with Gasteiger partial charge in [-0.2, -0.15) is 5.26 Å². The lowest BCUT2D eigenvalue weighted by molar-refractivity contribution is 0.0524. The molecule has 0 radical (unpaired) electrons. The molecule has 1 rings (SSSR count). The van der Waals surface area contributed by atoms with Gasteiger partial charge in [0.25, 0.3) is 0 Å². The van der Waals surface area contributed by atoms with Crippen LogP contribution in [0, 0.1) is 18.3 Å². The molecule has 0 bridgehead atoms. The first-order chi connectivity index (χ1) is 7.63. The van der Waals surface area contributed by atoms with Gasteiger partial charge in [-0.1, -0.05) is 0 Å². The van der Waals surface area contributed by atoms with Crippen molar-refractivity contribution in [2.75, 3.05) is 6.61 Å². The topological polar surface area (TPSA) is 50.1 Å². The van der Waals surface area contributed by atoms with Crippen molar-refractivity contribution in [3.05, 3.63) is 34.4 Å². The fourth-order valence-corrected chi connectivity index (χ4v) is 1.74. The maximum atomic E-state index is 11.7. The zero-order valence-electron chi connectivity index (χ0n) is 9.21. The fourth-order valence-electron chi connectivity index (χ4n) is 1.53. The van der Waals surface area contributed by atoms with Gasteiger partial charge in [0.15, 0.2) is 0 Å². The van der Waals surface area contributed by atoms with Gasteiger partial charge >= 0.3 is 5.97 Å². The van der Waals surface area contributed by atoms with E-state index in [-0.39, 0.29) is 11.8 Å². The number of ether oxygens (including phenoxy) is 1. The third-order valence-corrected chi connectivity index (χ3v) is 2.46. The predicted molar refractivity (Wildman–Crippen MR) is 61.4 cm³/mol. The zero-order valence-corrected chi connectivity index (χ0v) is 9.97. The first kappa shape index (κ1) is 12.5. The summed E-state index contributed by atoms with van der Waals surface area (Å²) >= 11 is 5.76. The molecule has 0 aliphatic carbocycles. The average Bonchev–Trinajstić information content (AvgIpc) is 2.27. The van der Waals surface area contributed by atoms with E-state index in [1.54, 1.807) is 26.0 Å². The third-order valence-electron chi connectivity index (χ3n) is 2.17. The molecule has 1 aromatic carbocycles. The number of rotatable bonds is 3. The number of nitrogens with zero attached hydrogens (tertiary/aromatic N) is 1. The van der Waals surface area contributed by atoms with Crippen LogP contribution >= 0.6 is 11.6 Å². The molecule has 0 saturated carbocycles. The highest BCUT2D eigenvalue weighted by Gasteiger charge is 2.16. The Morgan fingerprint density at radius 2 is 2.25 bits per heavy atom. The van der Waals surface area contributed by atoms with Gasteiger partial charge in [0.05, 0.1) is 23.8 Å². The lowest BCUT2D eigenvalue weighted by Crippen LogP contribution is -2.10. The SMILES string of the molecule is CCOC(=O)c1c(C)cc(C#N)cc1CCl. The summed E-state index contributed by atoms with van der Waals surface area (Å²) < 4.78 is 4.94. The molecule has 0 aliphatic rings.